The molecule has 1 heterocycles. The minimum absolute atomic E-state index is 0.370. The fourth-order valence-electron chi connectivity index (χ4n) is 3.04. The summed E-state index contributed by atoms with van der Waals surface area (Å²) in [6.07, 6.45) is 9.14. The van der Waals surface area contributed by atoms with E-state index in [9.17, 15) is 0 Å². The molecule has 2 heteroatoms. The van der Waals surface area contributed by atoms with E-state index in [1.807, 2.05) is 0 Å². The van der Waals surface area contributed by atoms with Gasteiger partial charge >= 0.3 is 0 Å². The van der Waals surface area contributed by atoms with Gasteiger partial charge in [0.25, 0.3) is 0 Å². The van der Waals surface area contributed by atoms with Crippen molar-refractivity contribution in [1.29, 1.82) is 0 Å². The van der Waals surface area contributed by atoms with Crippen molar-refractivity contribution in [2.24, 2.45) is 5.41 Å². The third-order valence-corrected chi connectivity index (χ3v) is 4.41. The van der Waals surface area contributed by atoms with Gasteiger partial charge in [0.2, 0.25) is 0 Å². The molecule has 1 unspecified atom stereocenters. The van der Waals surface area contributed by atoms with E-state index in [4.69, 9.17) is 0 Å². The van der Waals surface area contributed by atoms with Crippen LogP contribution in [0.25, 0.3) is 0 Å². The van der Waals surface area contributed by atoms with Crippen molar-refractivity contribution in [3.05, 3.63) is 11.6 Å². The maximum atomic E-state index is 3.72. The molecule has 0 spiro atoms. The number of hydrogen-bond acceptors (Lipinski definition) is 2. The van der Waals surface area contributed by atoms with E-state index >= 15 is 0 Å². The highest BCUT2D eigenvalue weighted by Gasteiger charge is 2.27. The lowest BCUT2D eigenvalue weighted by molar-refractivity contribution is 0.198. The van der Waals surface area contributed by atoms with Gasteiger partial charge in [0.05, 0.1) is 0 Å². The molecule has 18 heavy (non-hydrogen) atoms. The second-order valence-corrected chi connectivity index (χ2v) is 7.03. The van der Waals surface area contributed by atoms with E-state index in [1.54, 1.807) is 5.57 Å². The quantitative estimate of drug-likeness (QED) is 0.774. The monoisotopic (exact) mass is 250 g/mol. The fourth-order valence-corrected chi connectivity index (χ4v) is 3.04. The summed E-state index contributed by atoms with van der Waals surface area (Å²) in [5, 5.41) is 3.72. The maximum Gasteiger partial charge on any atom is 0.0243 e. The van der Waals surface area contributed by atoms with E-state index in [0.717, 1.165) is 0 Å². The number of hydrogen-bond donors (Lipinski definition) is 1. The highest BCUT2D eigenvalue weighted by atomic mass is 15.2. The van der Waals surface area contributed by atoms with E-state index in [-0.39, 0.29) is 0 Å². The molecule has 1 N–H and O–H groups in total. The molecular weight excluding hydrogens is 220 g/mol. The topological polar surface area (TPSA) is 15.3 Å². The number of nitrogens with zero attached hydrogens (tertiary/aromatic N) is 1. The van der Waals surface area contributed by atoms with Gasteiger partial charge in [0, 0.05) is 19.1 Å². The standard InChI is InChI=1S/C16H30N2/c1-16(2,3)15-13-18(11-6-10-17-15)12-9-14-7-4-5-8-14/h7,15,17H,4-6,8-13H2,1-3H3. The molecular formula is C16H30N2. The second kappa shape index (κ2) is 6.21. The minimum atomic E-state index is 0.370. The van der Waals surface area contributed by atoms with Gasteiger partial charge in [-0.25, -0.2) is 0 Å². The molecule has 2 rings (SSSR count). The minimum Gasteiger partial charge on any atom is -0.312 e. The molecule has 104 valence electrons. The summed E-state index contributed by atoms with van der Waals surface area (Å²) in [7, 11) is 0. The molecule has 0 aromatic heterocycles. The largest absolute Gasteiger partial charge is 0.312 e. The summed E-state index contributed by atoms with van der Waals surface area (Å²) < 4.78 is 0. The van der Waals surface area contributed by atoms with Gasteiger partial charge in [0.15, 0.2) is 0 Å². The molecule has 1 aliphatic carbocycles. The van der Waals surface area contributed by atoms with Crippen LogP contribution in [0.5, 0.6) is 0 Å². The van der Waals surface area contributed by atoms with Crippen LogP contribution in [0.4, 0.5) is 0 Å². The lowest BCUT2D eigenvalue weighted by atomic mass is 9.86. The van der Waals surface area contributed by atoms with Crippen LogP contribution >= 0.6 is 0 Å². The summed E-state index contributed by atoms with van der Waals surface area (Å²) in [4.78, 5) is 2.68. The average Bonchev–Trinajstić information content (AvgIpc) is 2.69. The first-order chi connectivity index (χ1) is 8.55. The molecule has 2 aliphatic rings. The normalized spacial score (nSPS) is 27.1. The molecule has 0 radical (unpaired) electrons. The predicted octanol–water partition coefficient (Wildman–Crippen LogP) is 3.20. The Balaban J connectivity index is 1.83. The van der Waals surface area contributed by atoms with Crippen LogP contribution < -0.4 is 5.32 Å². The van der Waals surface area contributed by atoms with Crippen molar-refractivity contribution >= 4 is 0 Å². The summed E-state index contributed by atoms with van der Waals surface area (Å²) in [6.45, 7) is 12.0. The van der Waals surface area contributed by atoms with Crippen molar-refractivity contribution < 1.29 is 0 Å². The Bertz CT molecular complexity index is 288. The number of nitrogens with one attached hydrogen (secondary N) is 1. The third-order valence-electron chi connectivity index (χ3n) is 4.41. The summed E-state index contributed by atoms with van der Waals surface area (Å²) >= 11 is 0. The van der Waals surface area contributed by atoms with Crippen molar-refractivity contribution in [3.8, 4) is 0 Å². The van der Waals surface area contributed by atoms with Gasteiger partial charge in [-0.15, -0.1) is 0 Å². The number of allylic oxidation sites excluding steroid dienone is 1. The van der Waals surface area contributed by atoms with Crippen LogP contribution in [-0.4, -0.2) is 37.1 Å². The lowest BCUT2D eigenvalue weighted by Gasteiger charge is -2.33. The zero-order valence-corrected chi connectivity index (χ0v) is 12.5. The Kier molecular flexibility index (Phi) is 4.85. The van der Waals surface area contributed by atoms with Crippen molar-refractivity contribution in [3.63, 3.8) is 0 Å². The molecule has 2 nitrogen and oxygen atoms in total. The van der Waals surface area contributed by atoms with Crippen LogP contribution in [0.15, 0.2) is 11.6 Å². The van der Waals surface area contributed by atoms with Crippen LogP contribution in [0, 0.1) is 5.41 Å². The third kappa shape index (κ3) is 4.10. The van der Waals surface area contributed by atoms with Gasteiger partial charge in [-0.05, 0) is 50.6 Å². The van der Waals surface area contributed by atoms with Crippen LogP contribution in [0.3, 0.4) is 0 Å². The summed E-state index contributed by atoms with van der Waals surface area (Å²) in [6, 6.07) is 0.637. The van der Waals surface area contributed by atoms with Crippen LogP contribution in [0.1, 0.15) is 52.9 Å². The van der Waals surface area contributed by atoms with Gasteiger partial charge in [-0.1, -0.05) is 32.4 Å². The Morgan fingerprint density at radius 3 is 2.83 bits per heavy atom. The zero-order chi connectivity index (χ0) is 13.0. The first kappa shape index (κ1) is 14.1. The Labute approximate surface area is 113 Å². The van der Waals surface area contributed by atoms with Crippen LogP contribution in [0.2, 0.25) is 0 Å². The Morgan fingerprint density at radius 1 is 1.33 bits per heavy atom. The fraction of sp³-hybridized carbons (Fsp3) is 0.875. The van der Waals surface area contributed by atoms with E-state index in [2.05, 4.69) is 37.1 Å². The maximum absolute atomic E-state index is 3.72. The molecule has 1 fully saturated rings. The van der Waals surface area contributed by atoms with Crippen molar-refractivity contribution in [2.75, 3.05) is 26.2 Å². The first-order valence-corrected chi connectivity index (χ1v) is 7.69. The van der Waals surface area contributed by atoms with Gasteiger partial charge < -0.3 is 10.2 Å². The number of rotatable bonds is 3. The van der Waals surface area contributed by atoms with Crippen molar-refractivity contribution in [1.82, 2.24) is 10.2 Å². The molecule has 0 saturated carbocycles. The van der Waals surface area contributed by atoms with Crippen molar-refractivity contribution in [2.45, 2.75) is 58.9 Å². The van der Waals surface area contributed by atoms with E-state index in [1.165, 1.54) is 58.3 Å². The van der Waals surface area contributed by atoms with Gasteiger partial charge in [0.1, 0.15) is 0 Å². The van der Waals surface area contributed by atoms with Gasteiger partial charge in [-0.3, -0.25) is 0 Å². The second-order valence-electron chi connectivity index (χ2n) is 7.03. The molecule has 1 aliphatic heterocycles. The SMILES string of the molecule is CC(C)(C)C1CN(CCC2=CCCC2)CCCN1. The van der Waals surface area contributed by atoms with E-state index in [0.29, 0.717) is 11.5 Å². The highest BCUT2D eigenvalue weighted by Crippen LogP contribution is 2.24. The molecule has 1 atom stereocenters. The Hall–Kier alpha value is -0.340. The van der Waals surface area contributed by atoms with Crippen LogP contribution in [-0.2, 0) is 0 Å². The molecule has 1 saturated heterocycles. The first-order valence-electron chi connectivity index (χ1n) is 7.69. The summed E-state index contributed by atoms with van der Waals surface area (Å²) in [5.41, 5.74) is 2.08. The van der Waals surface area contributed by atoms with Gasteiger partial charge in [-0.2, -0.15) is 0 Å². The molecule has 0 aromatic rings. The predicted molar refractivity (Wildman–Crippen MR) is 78.9 cm³/mol. The zero-order valence-electron chi connectivity index (χ0n) is 12.5. The lowest BCUT2D eigenvalue weighted by Crippen LogP contribution is -2.46. The molecule has 0 amide bonds. The smallest absolute Gasteiger partial charge is 0.0243 e. The Morgan fingerprint density at radius 2 is 2.17 bits per heavy atom. The molecule has 0 aromatic carbocycles. The summed E-state index contributed by atoms with van der Waals surface area (Å²) in [5.74, 6) is 0. The molecule has 0 bridgehead atoms. The highest BCUT2D eigenvalue weighted by molar-refractivity contribution is 5.07. The average molecular weight is 250 g/mol. The van der Waals surface area contributed by atoms with E-state index < -0.39 is 0 Å².